The van der Waals surface area contributed by atoms with Gasteiger partial charge in [0, 0.05) is 12.5 Å². The van der Waals surface area contributed by atoms with E-state index in [2.05, 4.69) is 54.3 Å². The smallest absolute Gasteiger partial charge is 0.119 e. The maximum Gasteiger partial charge on any atom is 0.119 e. The van der Waals surface area contributed by atoms with Crippen molar-refractivity contribution < 1.29 is 9.84 Å². The monoisotopic (exact) mass is 395 g/mol. The predicted octanol–water partition coefficient (Wildman–Crippen LogP) is 5.73. The van der Waals surface area contributed by atoms with Crippen LogP contribution in [-0.2, 0) is 5.60 Å². The fourth-order valence-electron chi connectivity index (χ4n) is 4.70. The number of nitrogens with zero attached hydrogens (tertiary/aromatic N) is 1. The van der Waals surface area contributed by atoms with Crippen LogP contribution in [0.15, 0.2) is 54.6 Å². The molecule has 2 aromatic carbocycles. The lowest BCUT2D eigenvalue weighted by Crippen LogP contribution is -2.41. The van der Waals surface area contributed by atoms with Crippen LogP contribution in [0.2, 0.25) is 0 Å². The summed E-state index contributed by atoms with van der Waals surface area (Å²) in [5.74, 6) is 0.901. The molecule has 2 atom stereocenters. The third-order valence-corrected chi connectivity index (χ3v) is 6.21. The van der Waals surface area contributed by atoms with Gasteiger partial charge in [0.25, 0.3) is 0 Å². The summed E-state index contributed by atoms with van der Waals surface area (Å²) >= 11 is 0. The third kappa shape index (κ3) is 5.61. The van der Waals surface area contributed by atoms with Gasteiger partial charge in [0.1, 0.15) is 5.75 Å². The van der Waals surface area contributed by atoms with E-state index in [-0.39, 0.29) is 5.92 Å². The van der Waals surface area contributed by atoms with Gasteiger partial charge in [0.05, 0.1) is 12.2 Å². The highest BCUT2D eigenvalue weighted by atomic mass is 16.5. The molecule has 1 aliphatic rings. The van der Waals surface area contributed by atoms with E-state index in [1.54, 1.807) is 0 Å². The van der Waals surface area contributed by atoms with Crippen LogP contribution >= 0.6 is 0 Å². The van der Waals surface area contributed by atoms with Crippen molar-refractivity contribution in [1.29, 1.82) is 0 Å². The standard InChI is InChI=1S/C26H37NO2/c1-3-18-26(28,23-14-16-24(17-15-23)29-4-2)25(22-12-8-7-9-13-22)21-27-19-10-5-6-11-20-27/h7-9,12-17,25,28H,3-6,10-11,18-21H2,1-2H3. The molecule has 0 bridgehead atoms. The highest BCUT2D eigenvalue weighted by molar-refractivity contribution is 5.35. The molecule has 3 nitrogen and oxygen atoms in total. The van der Waals surface area contributed by atoms with Crippen LogP contribution in [-0.4, -0.2) is 36.2 Å². The molecule has 1 N–H and O–H groups in total. The van der Waals surface area contributed by atoms with E-state index in [0.29, 0.717) is 6.61 Å². The Morgan fingerprint density at radius 2 is 1.59 bits per heavy atom. The van der Waals surface area contributed by atoms with E-state index < -0.39 is 5.60 Å². The molecule has 3 rings (SSSR count). The van der Waals surface area contributed by atoms with Gasteiger partial charge in [-0.25, -0.2) is 0 Å². The molecule has 0 amide bonds. The topological polar surface area (TPSA) is 32.7 Å². The fraction of sp³-hybridized carbons (Fsp3) is 0.538. The van der Waals surface area contributed by atoms with E-state index in [4.69, 9.17) is 4.74 Å². The molecule has 2 aromatic rings. The average Bonchev–Trinajstić information content (AvgIpc) is 3.02. The summed E-state index contributed by atoms with van der Waals surface area (Å²) in [6.45, 7) is 7.97. The van der Waals surface area contributed by atoms with Crippen LogP contribution in [0.5, 0.6) is 5.75 Å². The molecule has 0 aromatic heterocycles. The van der Waals surface area contributed by atoms with Crippen LogP contribution in [0.25, 0.3) is 0 Å². The van der Waals surface area contributed by atoms with Crippen molar-refractivity contribution in [3.05, 3.63) is 65.7 Å². The van der Waals surface area contributed by atoms with Gasteiger partial charge in [-0.05, 0) is 62.5 Å². The van der Waals surface area contributed by atoms with Gasteiger partial charge in [-0.3, -0.25) is 0 Å². The number of hydrogen-bond acceptors (Lipinski definition) is 3. The number of aliphatic hydroxyl groups is 1. The normalized spacial score (nSPS) is 18.6. The van der Waals surface area contributed by atoms with Crippen molar-refractivity contribution in [1.82, 2.24) is 4.90 Å². The minimum Gasteiger partial charge on any atom is -0.494 e. The van der Waals surface area contributed by atoms with Crippen molar-refractivity contribution in [3.63, 3.8) is 0 Å². The lowest BCUT2D eigenvalue weighted by Gasteiger charge is -2.40. The highest BCUT2D eigenvalue weighted by Gasteiger charge is 2.39. The number of ether oxygens (including phenoxy) is 1. The van der Waals surface area contributed by atoms with Crippen molar-refractivity contribution >= 4 is 0 Å². The van der Waals surface area contributed by atoms with Gasteiger partial charge in [-0.15, -0.1) is 0 Å². The first kappa shape index (κ1) is 21.9. The Morgan fingerprint density at radius 1 is 0.931 bits per heavy atom. The maximum absolute atomic E-state index is 12.2. The highest BCUT2D eigenvalue weighted by Crippen LogP contribution is 2.42. The van der Waals surface area contributed by atoms with Crippen LogP contribution in [0, 0.1) is 0 Å². The first-order chi connectivity index (χ1) is 14.2. The maximum atomic E-state index is 12.2. The molecule has 3 heteroatoms. The first-order valence-electron chi connectivity index (χ1n) is 11.4. The molecule has 1 heterocycles. The summed E-state index contributed by atoms with van der Waals surface area (Å²) in [4.78, 5) is 2.57. The summed E-state index contributed by atoms with van der Waals surface area (Å²) in [6, 6.07) is 18.7. The Kier molecular flexibility index (Phi) is 8.14. The minimum atomic E-state index is -0.896. The number of hydrogen-bond donors (Lipinski definition) is 1. The quantitative estimate of drug-likeness (QED) is 0.588. The van der Waals surface area contributed by atoms with Gasteiger partial charge < -0.3 is 14.7 Å². The largest absolute Gasteiger partial charge is 0.494 e. The molecule has 158 valence electrons. The Hall–Kier alpha value is -1.84. The number of likely N-dealkylation sites (tertiary alicyclic amines) is 1. The van der Waals surface area contributed by atoms with Gasteiger partial charge >= 0.3 is 0 Å². The summed E-state index contributed by atoms with van der Waals surface area (Å²) in [7, 11) is 0. The third-order valence-electron chi connectivity index (χ3n) is 6.21. The molecule has 1 aliphatic heterocycles. The zero-order valence-corrected chi connectivity index (χ0v) is 18.1. The Morgan fingerprint density at radius 3 is 2.17 bits per heavy atom. The fourth-order valence-corrected chi connectivity index (χ4v) is 4.70. The lowest BCUT2D eigenvalue weighted by atomic mass is 9.74. The summed E-state index contributed by atoms with van der Waals surface area (Å²) in [6.07, 6.45) is 6.85. The van der Waals surface area contributed by atoms with Gasteiger partial charge in [0.15, 0.2) is 0 Å². The molecule has 0 aliphatic carbocycles. The Balaban J connectivity index is 1.96. The number of rotatable bonds is 9. The molecule has 0 saturated carbocycles. The van der Waals surface area contributed by atoms with E-state index in [1.807, 2.05) is 19.1 Å². The van der Waals surface area contributed by atoms with E-state index in [9.17, 15) is 5.11 Å². The molecule has 29 heavy (non-hydrogen) atoms. The van der Waals surface area contributed by atoms with Crippen LogP contribution in [0.3, 0.4) is 0 Å². The van der Waals surface area contributed by atoms with E-state index >= 15 is 0 Å². The molecular formula is C26H37NO2. The molecular weight excluding hydrogens is 358 g/mol. The molecule has 0 radical (unpaired) electrons. The van der Waals surface area contributed by atoms with Crippen LogP contribution < -0.4 is 4.74 Å². The van der Waals surface area contributed by atoms with Crippen molar-refractivity contribution in [3.8, 4) is 5.75 Å². The lowest BCUT2D eigenvalue weighted by molar-refractivity contribution is -0.0134. The molecule has 2 unspecified atom stereocenters. The zero-order chi connectivity index (χ0) is 20.5. The molecule has 1 fully saturated rings. The second-order valence-corrected chi connectivity index (χ2v) is 8.31. The van der Waals surface area contributed by atoms with Gasteiger partial charge in [0.2, 0.25) is 0 Å². The second-order valence-electron chi connectivity index (χ2n) is 8.31. The SMILES string of the molecule is CCCC(O)(c1ccc(OCC)cc1)C(CN1CCCCCC1)c1ccccc1. The minimum absolute atomic E-state index is 0.0414. The predicted molar refractivity (Wildman–Crippen MR) is 121 cm³/mol. The van der Waals surface area contributed by atoms with E-state index in [1.165, 1.54) is 31.2 Å². The summed E-state index contributed by atoms with van der Waals surface area (Å²) < 4.78 is 5.62. The van der Waals surface area contributed by atoms with Crippen LogP contribution in [0.4, 0.5) is 0 Å². The van der Waals surface area contributed by atoms with Crippen molar-refractivity contribution in [2.75, 3.05) is 26.2 Å². The van der Waals surface area contributed by atoms with Gasteiger partial charge in [-0.2, -0.15) is 0 Å². The zero-order valence-electron chi connectivity index (χ0n) is 18.1. The summed E-state index contributed by atoms with van der Waals surface area (Å²) in [5, 5.41) is 12.2. The van der Waals surface area contributed by atoms with Crippen LogP contribution in [0.1, 0.15) is 69.4 Å². The first-order valence-corrected chi connectivity index (χ1v) is 11.4. The Bertz CT molecular complexity index is 707. The molecule has 1 saturated heterocycles. The van der Waals surface area contributed by atoms with Gasteiger partial charge in [-0.1, -0.05) is 68.7 Å². The summed E-state index contributed by atoms with van der Waals surface area (Å²) in [5.41, 5.74) is 1.32. The van der Waals surface area contributed by atoms with E-state index in [0.717, 1.165) is 43.8 Å². The molecule has 0 spiro atoms. The second kappa shape index (κ2) is 10.8. The van der Waals surface area contributed by atoms with Crippen molar-refractivity contribution in [2.24, 2.45) is 0 Å². The Labute approximate surface area is 176 Å². The average molecular weight is 396 g/mol. The number of benzene rings is 2. The van der Waals surface area contributed by atoms with Crippen molar-refractivity contribution in [2.45, 2.75) is 63.9 Å².